The predicted octanol–water partition coefficient (Wildman–Crippen LogP) is 2.16. The summed E-state index contributed by atoms with van der Waals surface area (Å²) < 4.78 is 5.31. The first-order chi connectivity index (χ1) is 7.81. The van der Waals surface area contributed by atoms with Crippen molar-refractivity contribution in [1.82, 2.24) is 0 Å². The lowest BCUT2D eigenvalue weighted by Crippen LogP contribution is -2.36. The molecule has 0 radical (unpaired) electrons. The molecule has 86 valence electrons. The zero-order valence-electron chi connectivity index (χ0n) is 8.93. The van der Waals surface area contributed by atoms with E-state index in [0.29, 0.717) is 0 Å². The van der Waals surface area contributed by atoms with Crippen LogP contribution in [0.25, 0.3) is 0 Å². The number of morpholine rings is 1. The number of halogens is 1. The second-order valence-electron chi connectivity index (χ2n) is 3.73. The summed E-state index contributed by atoms with van der Waals surface area (Å²) in [5, 5.41) is 0. The summed E-state index contributed by atoms with van der Waals surface area (Å²) in [6, 6.07) is 8.08. The fourth-order valence-electron chi connectivity index (χ4n) is 1.77. The van der Waals surface area contributed by atoms with Crippen LogP contribution < -0.4 is 4.90 Å². The van der Waals surface area contributed by atoms with Crippen LogP contribution in [0.1, 0.15) is 10.4 Å². The highest BCUT2D eigenvalue weighted by Crippen LogP contribution is 2.23. The van der Waals surface area contributed by atoms with Gasteiger partial charge in [0.2, 0.25) is 0 Å². The van der Waals surface area contributed by atoms with E-state index < -0.39 is 0 Å². The lowest BCUT2D eigenvalue weighted by atomic mass is 10.1. The molecular formula is C12H14BrNO2. The Labute approximate surface area is 104 Å². The van der Waals surface area contributed by atoms with Crippen LogP contribution >= 0.6 is 15.9 Å². The number of rotatable bonds is 3. The average molecular weight is 284 g/mol. The van der Waals surface area contributed by atoms with E-state index in [-0.39, 0.29) is 4.83 Å². The molecule has 0 bridgehead atoms. The van der Waals surface area contributed by atoms with E-state index in [1.54, 1.807) is 0 Å². The zero-order chi connectivity index (χ0) is 11.4. The molecule has 0 aliphatic carbocycles. The second kappa shape index (κ2) is 5.46. The molecule has 1 atom stereocenters. The van der Waals surface area contributed by atoms with Crippen molar-refractivity contribution in [3.8, 4) is 0 Å². The maximum Gasteiger partial charge on any atom is 0.138 e. The summed E-state index contributed by atoms with van der Waals surface area (Å²) in [6.07, 6.45) is 0.893. The third kappa shape index (κ3) is 2.62. The van der Waals surface area contributed by atoms with Crippen molar-refractivity contribution in [2.75, 3.05) is 31.2 Å². The molecule has 3 nitrogen and oxygen atoms in total. The third-order valence-corrected chi connectivity index (χ3v) is 3.45. The van der Waals surface area contributed by atoms with Crippen molar-refractivity contribution in [3.05, 3.63) is 29.8 Å². The van der Waals surface area contributed by atoms with Gasteiger partial charge in [0.25, 0.3) is 0 Å². The minimum Gasteiger partial charge on any atom is -0.378 e. The van der Waals surface area contributed by atoms with Gasteiger partial charge in [-0.15, -0.1) is 0 Å². The van der Waals surface area contributed by atoms with Gasteiger partial charge < -0.3 is 14.4 Å². The Morgan fingerprint density at radius 1 is 1.25 bits per heavy atom. The quantitative estimate of drug-likeness (QED) is 0.629. The number of carbonyl (C=O) groups excluding carboxylic acids is 1. The van der Waals surface area contributed by atoms with Gasteiger partial charge in [-0.25, -0.2) is 0 Å². The van der Waals surface area contributed by atoms with Crippen molar-refractivity contribution >= 4 is 27.9 Å². The molecule has 0 aromatic heterocycles. The van der Waals surface area contributed by atoms with E-state index in [0.717, 1.165) is 38.2 Å². The fraction of sp³-hybridized carbons (Fsp3) is 0.417. The van der Waals surface area contributed by atoms with Crippen molar-refractivity contribution in [2.24, 2.45) is 0 Å². The van der Waals surface area contributed by atoms with Crippen LogP contribution in [0, 0.1) is 0 Å². The Morgan fingerprint density at radius 2 is 1.88 bits per heavy atom. The lowest BCUT2D eigenvalue weighted by Gasteiger charge is -2.29. The SMILES string of the molecule is O=C[C@@H](Br)c1ccc(N2CCOCC2)cc1. The smallest absolute Gasteiger partial charge is 0.138 e. The molecule has 1 aromatic carbocycles. The van der Waals surface area contributed by atoms with Gasteiger partial charge in [0.05, 0.1) is 18.0 Å². The minimum absolute atomic E-state index is 0.203. The van der Waals surface area contributed by atoms with Gasteiger partial charge in [-0.3, -0.25) is 0 Å². The van der Waals surface area contributed by atoms with Gasteiger partial charge in [-0.05, 0) is 17.7 Å². The molecule has 4 heteroatoms. The summed E-state index contributed by atoms with van der Waals surface area (Å²) in [7, 11) is 0. The molecule has 0 N–H and O–H groups in total. The maximum absolute atomic E-state index is 10.6. The molecule has 1 aliphatic rings. The molecule has 0 spiro atoms. The number of aldehydes is 1. The van der Waals surface area contributed by atoms with Gasteiger partial charge >= 0.3 is 0 Å². The van der Waals surface area contributed by atoms with E-state index in [4.69, 9.17) is 4.74 Å². The Balaban J connectivity index is 2.08. The Morgan fingerprint density at radius 3 is 2.44 bits per heavy atom. The first kappa shape index (κ1) is 11.6. The first-order valence-electron chi connectivity index (χ1n) is 5.33. The van der Waals surface area contributed by atoms with Crippen molar-refractivity contribution in [3.63, 3.8) is 0 Å². The molecule has 0 saturated carbocycles. The molecule has 1 saturated heterocycles. The Hall–Kier alpha value is -0.870. The van der Waals surface area contributed by atoms with Crippen LogP contribution in [0.3, 0.4) is 0 Å². The van der Waals surface area contributed by atoms with Crippen LogP contribution in [-0.2, 0) is 9.53 Å². The van der Waals surface area contributed by atoms with E-state index in [1.165, 1.54) is 5.69 Å². The van der Waals surface area contributed by atoms with Crippen LogP contribution in [0.4, 0.5) is 5.69 Å². The van der Waals surface area contributed by atoms with Crippen LogP contribution in [0.2, 0.25) is 0 Å². The number of nitrogens with zero attached hydrogens (tertiary/aromatic N) is 1. The minimum atomic E-state index is -0.203. The molecule has 1 heterocycles. The highest BCUT2D eigenvalue weighted by molar-refractivity contribution is 9.09. The monoisotopic (exact) mass is 283 g/mol. The van der Waals surface area contributed by atoms with Crippen LogP contribution in [-0.4, -0.2) is 32.6 Å². The average Bonchev–Trinajstić information content (AvgIpc) is 2.39. The summed E-state index contributed by atoms with van der Waals surface area (Å²) in [6.45, 7) is 3.45. The number of anilines is 1. The summed E-state index contributed by atoms with van der Waals surface area (Å²) in [5.74, 6) is 0. The number of hydrogen-bond acceptors (Lipinski definition) is 3. The van der Waals surface area contributed by atoms with E-state index in [1.807, 2.05) is 12.1 Å². The topological polar surface area (TPSA) is 29.5 Å². The highest BCUT2D eigenvalue weighted by Gasteiger charge is 2.11. The van der Waals surface area contributed by atoms with Gasteiger partial charge in [0.1, 0.15) is 6.29 Å². The van der Waals surface area contributed by atoms with E-state index in [2.05, 4.69) is 33.0 Å². The first-order valence-corrected chi connectivity index (χ1v) is 6.25. The van der Waals surface area contributed by atoms with E-state index >= 15 is 0 Å². The number of ether oxygens (including phenoxy) is 1. The van der Waals surface area contributed by atoms with Crippen LogP contribution in [0.5, 0.6) is 0 Å². The summed E-state index contributed by atoms with van der Waals surface area (Å²) in [5.41, 5.74) is 2.18. The molecular weight excluding hydrogens is 270 g/mol. The second-order valence-corrected chi connectivity index (χ2v) is 4.72. The predicted molar refractivity (Wildman–Crippen MR) is 67.2 cm³/mol. The molecule has 1 fully saturated rings. The number of alkyl halides is 1. The number of benzene rings is 1. The number of carbonyl (C=O) groups is 1. The van der Waals surface area contributed by atoms with Crippen molar-refractivity contribution in [2.45, 2.75) is 4.83 Å². The van der Waals surface area contributed by atoms with Gasteiger partial charge in [0.15, 0.2) is 0 Å². The van der Waals surface area contributed by atoms with Crippen LogP contribution in [0.15, 0.2) is 24.3 Å². The normalized spacial score (nSPS) is 18.2. The molecule has 0 unspecified atom stereocenters. The highest BCUT2D eigenvalue weighted by atomic mass is 79.9. The summed E-state index contributed by atoms with van der Waals surface area (Å²) in [4.78, 5) is 12.7. The molecule has 1 aliphatic heterocycles. The van der Waals surface area contributed by atoms with Crippen molar-refractivity contribution < 1.29 is 9.53 Å². The Kier molecular flexibility index (Phi) is 3.96. The lowest BCUT2D eigenvalue weighted by molar-refractivity contribution is -0.107. The van der Waals surface area contributed by atoms with Crippen molar-refractivity contribution in [1.29, 1.82) is 0 Å². The maximum atomic E-state index is 10.6. The van der Waals surface area contributed by atoms with Gasteiger partial charge in [0, 0.05) is 18.8 Å². The van der Waals surface area contributed by atoms with Gasteiger partial charge in [-0.1, -0.05) is 28.1 Å². The fourth-order valence-corrected chi connectivity index (χ4v) is 2.07. The van der Waals surface area contributed by atoms with Gasteiger partial charge in [-0.2, -0.15) is 0 Å². The number of hydrogen-bond donors (Lipinski definition) is 0. The largest absolute Gasteiger partial charge is 0.378 e. The molecule has 1 aromatic rings. The molecule has 2 rings (SSSR count). The Bertz CT molecular complexity index is 347. The third-order valence-electron chi connectivity index (χ3n) is 2.71. The van der Waals surface area contributed by atoms with E-state index in [9.17, 15) is 4.79 Å². The molecule has 16 heavy (non-hydrogen) atoms. The summed E-state index contributed by atoms with van der Waals surface area (Å²) >= 11 is 3.30. The zero-order valence-corrected chi connectivity index (χ0v) is 10.5. The molecule has 0 amide bonds. The standard InChI is InChI=1S/C12H14BrNO2/c13-12(9-15)10-1-3-11(4-2-10)14-5-7-16-8-6-14/h1-4,9,12H,5-8H2/t12-/m1/s1.